The number of carbonyl (C=O) groups excluding carboxylic acids is 2. The Morgan fingerprint density at radius 2 is 1.57 bits per heavy atom. The first-order chi connectivity index (χ1) is 24.1. The number of thioether (sulfide) groups is 1. The summed E-state index contributed by atoms with van der Waals surface area (Å²) in [4.78, 5) is 40.5. The highest BCUT2D eigenvalue weighted by Gasteiger charge is 2.37. The quantitative estimate of drug-likeness (QED) is 0.121. The number of thiocarbonyl (C=S) groups is 1. The topological polar surface area (TPSA) is 108 Å². The summed E-state index contributed by atoms with van der Waals surface area (Å²) in [6.07, 6.45) is -8.85. The number of hydrogen-bond donors (Lipinski definition) is 2. The minimum Gasteiger partial charge on any atom is -0.492 e. The molecular weight excluding hydrogens is 725 g/mol. The van der Waals surface area contributed by atoms with E-state index in [1.54, 1.807) is 0 Å². The molecule has 2 aliphatic heterocycles. The van der Waals surface area contributed by atoms with Crippen molar-refractivity contribution in [2.75, 3.05) is 51.3 Å². The number of amides is 2. The predicted octanol–water partition coefficient (Wildman–Crippen LogP) is 7.03. The zero-order valence-corrected chi connectivity index (χ0v) is 28.1. The van der Waals surface area contributed by atoms with Gasteiger partial charge in [0, 0.05) is 43.9 Å². The SMILES string of the molecule is O=C(CCN1C(=O)/C(=C/c2cc(-c3cc(C(F)(F)F)cc(C(F)(F)F)c3)ccc2OCCN2CCOCC2)SC1=S)Nc1ccc(C(=O)O)cc1. The van der Waals surface area contributed by atoms with Gasteiger partial charge >= 0.3 is 18.3 Å². The van der Waals surface area contributed by atoms with Crippen molar-refractivity contribution in [3.05, 3.63) is 87.8 Å². The Morgan fingerprint density at radius 1 is 0.922 bits per heavy atom. The fourth-order valence-electron chi connectivity index (χ4n) is 5.17. The highest BCUT2D eigenvalue weighted by Crippen LogP contribution is 2.40. The Hall–Kier alpha value is -4.45. The Balaban J connectivity index is 1.39. The summed E-state index contributed by atoms with van der Waals surface area (Å²) >= 11 is 6.30. The molecule has 0 atom stereocenters. The highest BCUT2D eigenvalue weighted by atomic mass is 32.2. The first kappa shape index (κ1) is 37.8. The number of anilines is 1. The van der Waals surface area contributed by atoms with Gasteiger partial charge in [-0.2, -0.15) is 26.3 Å². The van der Waals surface area contributed by atoms with E-state index in [9.17, 15) is 40.7 Å². The van der Waals surface area contributed by atoms with Crippen LogP contribution in [0.1, 0.15) is 33.5 Å². The number of morpholine rings is 1. The van der Waals surface area contributed by atoms with Crippen LogP contribution in [0.3, 0.4) is 0 Å². The Kier molecular flexibility index (Phi) is 11.7. The Bertz CT molecular complexity index is 1810. The molecule has 0 radical (unpaired) electrons. The van der Waals surface area contributed by atoms with Crippen molar-refractivity contribution in [2.24, 2.45) is 0 Å². The second kappa shape index (κ2) is 15.8. The van der Waals surface area contributed by atoms with Crippen LogP contribution in [0.4, 0.5) is 32.0 Å². The molecule has 0 bridgehead atoms. The van der Waals surface area contributed by atoms with Crippen LogP contribution in [0.2, 0.25) is 0 Å². The molecule has 2 saturated heterocycles. The predicted molar refractivity (Wildman–Crippen MR) is 181 cm³/mol. The van der Waals surface area contributed by atoms with Gasteiger partial charge in [-0.3, -0.25) is 19.4 Å². The fraction of sp³-hybridized carbons (Fsp3) is 0.294. The average molecular weight is 754 g/mol. The molecule has 0 aromatic heterocycles. The molecule has 0 spiro atoms. The highest BCUT2D eigenvalue weighted by molar-refractivity contribution is 8.26. The monoisotopic (exact) mass is 753 g/mol. The molecule has 9 nitrogen and oxygen atoms in total. The van der Waals surface area contributed by atoms with E-state index in [2.05, 4.69) is 10.2 Å². The lowest BCUT2D eigenvalue weighted by Gasteiger charge is -2.26. The minimum absolute atomic E-state index is 0.0157. The number of nitrogens with one attached hydrogen (secondary N) is 1. The van der Waals surface area contributed by atoms with Crippen LogP contribution in [0, 0.1) is 0 Å². The van der Waals surface area contributed by atoms with Gasteiger partial charge in [0.05, 0.1) is 34.8 Å². The maximum absolute atomic E-state index is 13.6. The van der Waals surface area contributed by atoms with Crippen molar-refractivity contribution in [3.63, 3.8) is 0 Å². The third-order valence-corrected chi connectivity index (χ3v) is 9.22. The molecule has 2 heterocycles. The number of carboxylic acid groups (broad SMARTS) is 1. The molecule has 270 valence electrons. The summed E-state index contributed by atoms with van der Waals surface area (Å²) in [6.45, 7) is 3.08. The number of alkyl halides is 6. The van der Waals surface area contributed by atoms with Gasteiger partial charge in [0.2, 0.25) is 5.91 Å². The standard InChI is InChI=1S/C34H29F6N3O6S2/c35-33(36,37)24-16-22(17-25(19-24)34(38,39)40)21-3-6-27(49-14-11-42-9-12-48-13-10-42)23(15-21)18-28-30(45)43(32(50)51-28)8-7-29(44)41-26-4-1-20(2-5-26)31(46)47/h1-6,15-19H,7-14H2,(H,41,44)(H,46,47)/b28-18-. The molecule has 2 aliphatic rings. The van der Waals surface area contributed by atoms with E-state index in [1.165, 1.54) is 53.4 Å². The summed E-state index contributed by atoms with van der Waals surface area (Å²) in [7, 11) is 0. The third-order valence-electron chi connectivity index (χ3n) is 7.84. The van der Waals surface area contributed by atoms with Gasteiger partial charge in [-0.1, -0.05) is 30.0 Å². The van der Waals surface area contributed by atoms with E-state index < -0.39 is 41.3 Å². The van der Waals surface area contributed by atoms with Crippen molar-refractivity contribution in [3.8, 4) is 16.9 Å². The maximum atomic E-state index is 13.6. The van der Waals surface area contributed by atoms with Gasteiger partial charge in [-0.25, -0.2) is 4.79 Å². The van der Waals surface area contributed by atoms with Crippen molar-refractivity contribution in [1.29, 1.82) is 0 Å². The van der Waals surface area contributed by atoms with Crippen LogP contribution >= 0.6 is 24.0 Å². The van der Waals surface area contributed by atoms with E-state index in [0.717, 1.165) is 11.8 Å². The second-order valence-electron chi connectivity index (χ2n) is 11.4. The lowest BCUT2D eigenvalue weighted by Crippen LogP contribution is -2.38. The van der Waals surface area contributed by atoms with E-state index in [1.807, 2.05) is 0 Å². The molecule has 2 N–H and O–H groups in total. The van der Waals surface area contributed by atoms with Crippen LogP contribution < -0.4 is 10.1 Å². The first-order valence-electron chi connectivity index (χ1n) is 15.3. The van der Waals surface area contributed by atoms with Gasteiger partial charge < -0.3 is 19.9 Å². The summed E-state index contributed by atoms with van der Waals surface area (Å²) in [5.74, 6) is -1.93. The zero-order chi connectivity index (χ0) is 36.9. The van der Waals surface area contributed by atoms with Crippen LogP contribution in [0.5, 0.6) is 5.75 Å². The number of carboxylic acids is 1. The van der Waals surface area contributed by atoms with Crippen LogP contribution in [-0.2, 0) is 26.7 Å². The molecule has 3 aromatic rings. The third kappa shape index (κ3) is 9.87. The van der Waals surface area contributed by atoms with E-state index in [-0.39, 0.29) is 62.9 Å². The molecule has 0 unspecified atom stereocenters. The molecule has 0 aliphatic carbocycles. The molecule has 2 fully saturated rings. The smallest absolute Gasteiger partial charge is 0.416 e. The molecule has 51 heavy (non-hydrogen) atoms. The van der Waals surface area contributed by atoms with Crippen molar-refractivity contribution < 1.29 is 55.3 Å². The Labute approximate surface area is 297 Å². The van der Waals surface area contributed by atoms with Crippen LogP contribution in [0.15, 0.2) is 65.6 Å². The summed E-state index contributed by atoms with van der Waals surface area (Å²) in [5.41, 5.74) is -2.68. The summed E-state index contributed by atoms with van der Waals surface area (Å²) in [5, 5.41) is 11.6. The lowest BCUT2D eigenvalue weighted by atomic mass is 9.97. The maximum Gasteiger partial charge on any atom is 0.416 e. The van der Waals surface area contributed by atoms with Crippen LogP contribution in [-0.4, -0.2) is 83.0 Å². The molecule has 5 rings (SSSR count). The number of carbonyl (C=O) groups is 3. The van der Waals surface area contributed by atoms with Gasteiger partial charge in [0.15, 0.2) is 0 Å². The van der Waals surface area contributed by atoms with Crippen molar-refractivity contribution in [2.45, 2.75) is 18.8 Å². The molecule has 3 aromatic carbocycles. The van der Waals surface area contributed by atoms with E-state index in [4.69, 9.17) is 26.8 Å². The van der Waals surface area contributed by atoms with Crippen molar-refractivity contribution in [1.82, 2.24) is 9.80 Å². The zero-order valence-electron chi connectivity index (χ0n) is 26.5. The van der Waals surface area contributed by atoms with Gasteiger partial charge in [0.1, 0.15) is 16.7 Å². The number of ether oxygens (including phenoxy) is 2. The number of aromatic carboxylic acids is 1. The number of nitrogens with zero attached hydrogens (tertiary/aromatic N) is 2. The number of rotatable bonds is 11. The number of hydrogen-bond acceptors (Lipinski definition) is 8. The average Bonchev–Trinajstić information content (AvgIpc) is 3.34. The van der Waals surface area contributed by atoms with Crippen LogP contribution in [0.25, 0.3) is 17.2 Å². The minimum atomic E-state index is -5.04. The molecule has 0 saturated carbocycles. The number of halogens is 6. The van der Waals surface area contributed by atoms with E-state index >= 15 is 0 Å². The molecule has 2 amide bonds. The molecular formula is C34H29F6N3O6S2. The van der Waals surface area contributed by atoms with E-state index in [0.29, 0.717) is 50.7 Å². The summed E-state index contributed by atoms with van der Waals surface area (Å²) in [6, 6.07) is 10.9. The number of benzene rings is 3. The molecule has 17 heteroatoms. The largest absolute Gasteiger partial charge is 0.492 e. The second-order valence-corrected chi connectivity index (χ2v) is 13.0. The fourth-order valence-corrected chi connectivity index (χ4v) is 6.47. The summed E-state index contributed by atoms with van der Waals surface area (Å²) < 4.78 is 93.2. The van der Waals surface area contributed by atoms with Gasteiger partial charge in [-0.15, -0.1) is 0 Å². The first-order valence-corrected chi connectivity index (χ1v) is 16.6. The Morgan fingerprint density at radius 3 is 2.18 bits per heavy atom. The van der Waals surface area contributed by atoms with Gasteiger partial charge in [0.25, 0.3) is 5.91 Å². The normalized spacial score (nSPS) is 16.5. The lowest BCUT2D eigenvalue weighted by molar-refractivity contribution is -0.143. The van der Waals surface area contributed by atoms with Crippen molar-refractivity contribution >= 4 is 57.8 Å². The van der Waals surface area contributed by atoms with Gasteiger partial charge in [-0.05, 0) is 71.8 Å².